The molecule has 0 atom stereocenters. The van der Waals surface area contributed by atoms with Crippen LogP contribution in [0.4, 0.5) is 0 Å². The number of nitriles is 1. The SMILES string of the molecule is Cc1ccccc1C(=O)C(Br)(Br)C#N. The van der Waals surface area contributed by atoms with Gasteiger partial charge in [0.05, 0.1) is 0 Å². The molecule has 2 nitrogen and oxygen atoms in total. The van der Waals surface area contributed by atoms with E-state index in [4.69, 9.17) is 5.26 Å². The number of carbonyl (C=O) groups is 1. The Bertz CT molecular complexity index is 407. The molecule has 1 aromatic carbocycles. The normalized spacial score (nSPS) is 10.7. The van der Waals surface area contributed by atoms with Crippen molar-refractivity contribution >= 4 is 37.6 Å². The number of nitrogens with zero attached hydrogens (tertiary/aromatic N) is 1. The first-order valence-corrected chi connectivity index (χ1v) is 5.47. The number of carbonyl (C=O) groups excluding carboxylic acids is 1. The van der Waals surface area contributed by atoms with Crippen LogP contribution in [0.1, 0.15) is 15.9 Å². The molecule has 0 radical (unpaired) electrons. The third kappa shape index (κ3) is 2.23. The van der Waals surface area contributed by atoms with Crippen LogP contribution in [0.5, 0.6) is 0 Å². The summed E-state index contributed by atoms with van der Waals surface area (Å²) >= 11 is 6.05. The first-order chi connectivity index (χ1) is 6.49. The molecule has 0 amide bonds. The quantitative estimate of drug-likeness (QED) is 0.621. The van der Waals surface area contributed by atoms with E-state index in [-0.39, 0.29) is 5.78 Å². The molecule has 0 N–H and O–H groups in total. The third-order valence-corrected chi connectivity index (χ3v) is 2.89. The number of alkyl halides is 2. The largest absolute Gasteiger partial charge is 0.290 e. The molecule has 1 aromatic rings. The van der Waals surface area contributed by atoms with E-state index in [1.807, 2.05) is 25.1 Å². The maximum absolute atomic E-state index is 11.8. The van der Waals surface area contributed by atoms with Crippen LogP contribution in [0.3, 0.4) is 0 Å². The molecule has 0 saturated heterocycles. The summed E-state index contributed by atoms with van der Waals surface area (Å²) in [5.41, 5.74) is 1.40. The molecule has 4 heteroatoms. The van der Waals surface area contributed by atoms with Crippen molar-refractivity contribution < 1.29 is 4.79 Å². The zero-order chi connectivity index (χ0) is 10.8. The molecule has 1 rings (SSSR count). The molecule has 0 unspecified atom stereocenters. The summed E-state index contributed by atoms with van der Waals surface area (Å²) in [6.07, 6.45) is 0. The summed E-state index contributed by atoms with van der Waals surface area (Å²) in [5, 5.41) is 8.75. The fraction of sp³-hybridized carbons (Fsp3) is 0.200. The van der Waals surface area contributed by atoms with E-state index in [1.54, 1.807) is 12.1 Å². The Morgan fingerprint density at radius 2 is 2.00 bits per heavy atom. The molecule has 72 valence electrons. The number of Topliss-reactive ketones (excluding diaryl/α,β-unsaturated/α-hetero) is 1. The summed E-state index contributed by atoms with van der Waals surface area (Å²) in [5.74, 6) is -0.280. The summed E-state index contributed by atoms with van der Waals surface area (Å²) in [6.45, 7) is 1.83. The molecular weight excluding hydrogens is 310 g/mol. The Morgan fingerprint density at radius 1 is 1.43 bits per heavy atom. The summed E-state index contributed by atoms with van der Waals surface area (Å²) in [7, 11) is 0. The van der Waals surface area contributed by atoms with Gasteiger partial charge in [0.2, 0.25) is 9.02 Å². The van der Waals surface area contributed by atoms with Crippen LogP contribution in [-0.2, 0) is 0 Å². The van der Waals surface area contributed by atoms with E-state index in [2.05, 4.69) is 31.9 Å². The highest BCUT2D eigenvalue weighted by atomic mass is 79.9. The van der Waals surface area contributed by atoms with Crippen molar-refractivity contribution in [2.45, 2.75) is 10.2 Å². The zero-order valence-corrected chi connectivity index (χ0v) is 10.6. The second kappa shape index (κ2) is 4.24. The van der Waals surface area contributed by atoms with Crippen molar-refractivity contribution in [2.24, 2.45) is 0 Å². The molecular formula is C10H7Br2NO. The van der Waals surface area contributed by atoms with Crippen LogP contribution in [0.25, 0.3) is 0 Å². The van der Waals surface area contributed by atoms with Crippen molar-refractivity contribution in [3.05, 3.63) is 35.4 Å². The average molecular weight is 317 g/mol. The molecule has 0 aliphatic heterocycles. The van der Waals surface area contributed by atoms with Gasteiger partial charge in [-0.05, 0) is 44.3 Å². The van der Waals surface area contributed by atoms with Crippen LogP contribution in [0.2, 0.25) is 0 Å². The smallest absolute Gasteiger partial charge is 0.228 e. The zero-order valence-electron chi connectivity index (χ0n) is 7.42. The highest BCUT2D eigenvalue weighted by Crippen LogP contribution is 2.30. The number of benzene rings is 1. The molecule has 0 bridgehead atoms. The summed E-state index contributed by atoms with van der Waals surface area (Å²) in [6, 6.07) is 9.01. The Kier molecular flexibility index (Phi) is 3.46. The molecule has 0 aliphatic carbocycles. The fourth-order valence-electron chi connectivity index (χ4n) is 1.05. The fourth-order valence-corrected chi connectivity index (χ4v) is 1.47. The highest BCUT2D eigenvalue weighted by molar-refractivity contribution is 9.26. The van der Waals surface area contributed by atoms with Crippen molar-refractivity contribution in [2.75, 3.05) is 0 Å². The minimum Gasteiger partial charge on any atom is -0.290 e. The van der Waals surface area contributed by atoms with Gasteiger partial charge in [0, 0.05) is 5.56 Å². The van der Waals surface area contributed by atoms with E-state index < -0.39 is 3.23 Å². The molecule has 0 heterocycles. The maximum Gasteiger partial charge on any atom is 0.228 e. The lowest BCUT2D eigenvalue weighted by atomic mass is 10.0. The van der Waals surface area contributed by atoms with Gasteiger partial charge in [-0.1, -0.05) is 24.3 Å². The number of aryl methyl sites for hydroxylation is 1. The molecule has 14 heavy (non-hydrogen) atoms. The molecule has 0 spiro atoms. The van der Waals surface area contributed by atoms with E-state index in [0.717, 1.165) is 5.56 Å². The lowest BCUT2D eigenvalue weighted by Gasteiger charge is -2.11. The van der Waals surface area contributed by atoms with Crippen molar-refractivity contribution in [3.8, 4) is 6.07 Å². The number of rotatable bonds is 2. The second-order valence-electron chi connectivity index (χ2n) is 2.83. The Morgan fingerprint density at radius 3 is 2.50 bits per heavy atom. The van der Waals surface area contributed by atoms with Gasteiger partial charge >= 0.3 is 0 Å². The molecule has 0 aliphatic rings. The van der Waals surface area contributed by atoms with Gasteiger partial charge in [-0.25, -0.2) is 0 Å². The predicted octanol–water partition coefficient (Wildman–Crippen LogP) is 3.19. The van der Waals surface area contributed by atoms with Crippen LogP contribution < -0.4 is 0 Å². The van der Waals surface area contributed by atoms with Gasteiger partial charge in [0.25, 0.3) is 0 Å². The number of ketones is 1. The lowest BCUT2D eigenvalue weighted by molar-refractivity contribution is 0.0997. The minimum atomic E-state index is -1.31. The van der Waals surface area contributed by atoms with Crippen LogP contribution in [-0.4, -0.2) is 9.02 Å². The average Bonchev–Trinajstić information content (AvgIpc) is 2.17. The van der Waals surface area contributed by atoms with E-state index in [9.17, 15) is 4.79 Å². The lowest BCUT2D eigenvalue weighted by Crippen LogP contribution is -2.23. The number of hydrogen-bond acceptors (Lipinski definition) is 2. The third-order valence-electron chi connectivity index (χ3n) is 1.82. The Balaban J connectivity index is 3.16. The topological polar surface area (TPSA) is 40.9 Å². The standard InChI is InChI=1S/C10H7Br2NO/c1-7-4-2-3-5-8(7)9(14)10(11,12)6-13/h2-5H,1H3. The van der Waals surface area contributed by atoms with Crippen molar-refractivity contribution in [3.63, 3.8) is 0 Å². The Hall–Kier alpha value is -0.660. The monoisotopic (exact) mass is 315 g/mol. The van der Waals surface area contributed by atoms with Crippen molar-refractivity contribution in [1.82, 2.24) is 0 Å². The first kappa shape index (κ1) is 11.4. The number of hydrogen-bond donors (Lipinski definition) is 0. The van der Waals surface area contributed by atoms with Gasteiger partial charge in [0.1, 0.15) is 6.07 Å². The molecule has 0 aromatic heterocycles. The summed E-state index contributed by atoms with van der Waals surface area (Å²) in [4.78, 5) is 11.8. The van der Waals surface area contributed by atoms with Gasteiger partial charge in [-0.15, -0.1) is 0 Å². The van der Waals surface area contributed by atoms with E-state index in [1.165, 1.54) is 0 Å². The maximum atomic E-state index is 11.8. The Labute approximate surface area is 99.2 Å². The first-order valence-electron chi connectivity index (χ1n) is 3.88. The van der Waals surface area contributed by atoms with Crippen LogP contribution >= 0.6 is 31.9 Å². The van der Waals surface area contributed by atoms with Gasteiger partial charge in [-0.3, -0.25) is 4.79 Å². The summed E-state index contributed by atoms with van der Waals surface area (Å²) < 4.78 is -1.31. The van der Waals surface area contributed by atoms with Gasteiger partial charge < -0.3 is 0 Å². The highest BCUT2D eigenvalue weighted by Gasteiger charge is 2.33. The predicted molar refractivity (Wildman–Crippen MR) is 61.7 cm³/mol. The molecule has 0 saturated carbocycles. The second-order valence-corrected chi connectivity index (χ2v) is 6.27. The van der Waals surface area contributed by atoms with Crippen molar-refractivity contribution in [1.29, 1.82) is 5.26 Å². The number of halogens is 2. The van der Waals surface area contributed by atoms with Gasteiger partial charge in [-0.2, -0.15) is 5.26 Å². The molecule has 0 fully saturated rings. The van der Waals surface area contributed by atoms with E-state index in [0.29, 0.717) is 5.56 Å². The van der Waals surface area contributed by atoms with Crippen LogP contribution in [0, 0.1) is 18.3 Å². The van der Waals surface area contributed by atoms with Crippen LogP contribution in [0.15, 0.2) is 24.3 Å². The minimum absolute atomic E-state index is 0.280. The van der Waals surface area contributed by atoms with E-state index >= 15 is 0 Å². The van der Waals surface area contributed by atoms with Gasteiger partial charge in [0.15, 0.2) is 0 Å².